The van der Waals surface area contributed by atoms with Crippen LogP contribution in [-0.2, 0) is 0 Å². The van der Waals surface area contributed by atoms with Gasteiger partial charge in [-0.2, -0.15) is 0 Å². The number of likely N-dealkylation sites (tertiary alicyclic amines) is 1. The monoisotopic (exact) mass is 226 g/mol. The van der Waals surface area contributed by atoms with Crippen LogP contribution in [-0.4, -0.2) is 37.1 Å². The number of hydrogen-bond donors (Lipinski definition) is 1. The van der Waals surface area contributed by atoms with Crippen molar-refractivity contribution in [2.45, 2.75) is 59.4 Å². The van der Waals surface area contributed by atoms with Crippen molar-refractivity contribution in [3.63, 3.8) is 0 Å². The first-order valence-electron chi connectivity index (χ1n) is 6.97. The molecule has 0 aromatic carbocycles. The molecule has 0 radical (unpaired) electrons. The highest BCUT2D eigenvalue weighted by atomic mass is 15.1. The van der Waals surface area contributed by atoms with Crippen molar-refractivity contribution in [1.82, 2.24) is 10.2 Å². The van der Waals surface area contributed by atoms with Crippen LogP contribution in [0.4, 0.5) is 0 Å². The molecule has 0 bridgehead atoms. The summed E-state index contributed by atoms with van der Waals surface area (Å²) in [6, 6.07) is 0.763. The van der Waals surface area contributed by atoms with Crippen LogP contribution in [0, 0.1) is 5.41 Å². The first-order valence-corrected chi connectivity index (χ1v) is 6.97. The molecule has 1 heterocycles. The zero-order valence-corrected chi connectivity index (χ0v) is 11.7. The summed E-state index contributed by atoms with van der Waals surface area (Å²) in [6.07, 6.45) is 5.33. The molecule has 0 aromatic rings. The van der Waals surface area contributed by atoms with Crippen molar-refractivity contribution in [1.29, 1.82) is 0 Å². The molecule has 0 spiro atoms. The molecule has 1 aliphatic rings. The first-order chi connectivity index (χ1) is 7.51. The highest BCUT2D eigenvalue weighted by Gasteiger charge is 2.16. The molecule has 1 atom stereocenters. The van der Waals surface area contributed by atoms with Gasteiger partial charge in [-0.05, 0) is 57.3 Å². The molecule has 0 amide bonds. The maximum atomic E-state index is 3.74. The summed E-state index contributed by atoms with van der Waals surface area (Å²) in [5, 5.41) is 3.74. The lowest BCUT2D eigenvalue weighted by atomic mass is 9.92. The number of nitrogens with one attached hydrogen (secondary N) is 1. The molecule has 1 N–H and O–H groups in total. The highest BCUT2D eigenvalue weighted by molar-refractivity contribution is 4.75. The van der Waals surface area contributed by atoms with E-state index < -0.39 is 0 Å². The Labute approximate surface area is 102 Å². The molecule has 0 aromatic heterocycles. The van der Waals surface area contributed by atoms with Crippen LogP contribution in [0.5, 0.6) is 0 Å². The Morgan fingerprint density at radius 2 is 1.94 bits per heavy atom. The number of hydrogen-bond acceptors (Lipinski definition) is 2. The molecule has 2 heteroatoms. The van der Waals surface area contributed by atoms with E-state index in [0.717, 1.165) is 6.04 Å². The molecule has 1 rings (SSSR count). The first kappa shape index (κ1) is 14.0. The zero-order chi connectivity index (χ0) is 12.0. The SMILES string of the molecule is CCN1CCCC(NCCC(C)(C)C)CC1. The van der Waals surface area contributed by atoms with E-state index in [9.17, 15) is 0 Å². The third-order valence-electron chi connectivity index (χ3n) is 3.58. The van der Waals surface area contributed by atoms with E-state index >= 15 is 0 Å². The summed E-state index contributed by atoms with van der Waals surface area (Å²) in [5.74, 6) is 0. The molecule has 0 aliphatic carbocycles. The van der Waals surface area contributed by atoms with E-state index in [-0.39, 0.29) is 0 Å². The lowest BCUT2D eigenvalue weighted by Gasteiger charge is -2.22. The van der Waals surface area contributed by atoms with Crippen molar-refractivity contribution in [2.24, 2.45) is 5.41 Å². The zero-order valence-electron chi connectivity index (χ0n) is 11.7. The molecule has 1 unspecified atom stereocenters. The van der Waals surface area contributed by atoms with Gasteiger partial charge in [0.25, 0.3) is 0 Å². The van der Waals surface area contributed by atoms with Crippen molar-refractivity contribution in [3.8, 4) is 0 Å². The maximum Gasteiger partial charge on any atom is 0.00797 e. The minimum Gasteiger partial charge on any atom is -0.314 e. The molecular weight excluding hydrogens is 196 g/mol. The average molecular weight is 226 g/mol. The van der Waals surface area contributed by atoms with Crippen LogP contribution in [0.3, 0.4) is 0 Å². The minimum absolute atomic E-state index is 0.465. The van der Waals surface area contributed by atoms with E-state index in [1.165, 1.54) is 51.9 Å². The summed E-state index contributed by atoms with van der Waals surface area (Å²) >= 11 is 0. The van der Waals surface area contributed by atoms with Gasteiger partial charge in [-0.3, -0.25) is 0 Å². The summed E-state index contributed by atoms with van der Waals surface area (Å²) in [7, 11) is 0. The Morgan fingerprint density at radius 1 is 1.19 bits per heavy atom. The van der Waals surface area contributed by atoms with E-state index in [1.54, 1.807) is 0 Å². The van der Waals surface area contributed by atoms with E-state index in [1.807, 2.05) is 0 Å². The van der Waals surface area contributed by atoms with Crippen LogP contribution >= 0.6 is 0 Å². The molecular formula is C14H30N2. The summed E-state index contributed by atoms with van der Waals surface area (Å²) in [6.45, 7) is 14.2. The maximum absolute atomic E-state index is 3.74. The third kappa shape index (κ3) is 5.86. The predicted octanol–water partition coefficient (Wildman–Crippen LogP) is 2.89. The fraction of sp³-hybridized carbons (Fsp3) is 1.00. The van der Waals surface area contributed by atoms with Gasteiger partial charge >= 0.3 is 0 Å². The summed E-state index contributed by atoms with van der Waals surface area (Å²) in [4.78, 5) is 2.57. The van der Waals surface area contributed by atoms with Crippen molar-refractivity contribution < 1.29 is 0 Å². The van der Waals surface area contributed by atoms with Gasteiger partial charge in [0.1, 0.15) is 0 Å². The fourth-order valence-electron chi connectivity index (χ4n) is 2.33. The van der Waals surface area contributed by atoms with Gasteiger partial charge in [-0.15, -0.1) is 0 Å². The van der Waals surface area contributed by atoms with E-state index in [2.05, 4.69) is 37.9 Å². The second-order valence-corrected chi connectivity index (χ2v) is 6.33. The molecule has 1 aliphatic heterocycles. The average Bonchev–Trinajstić information content (AvgIpc) is 2.41. The van der Waals surface area contributed by atoms with Gasteiger partial charge in [0.2, 0.25) is 0 Å². The van der Waals surface area contributed by atoms with Crippen molar-refractivity contribution in [3.05, 3.63) is 0 Å². The van der Waals surface area contributed by atoms with Crippen LogP contribution < -0.4 is 5.32 Å². The minimum atomic E-state index is 0.465. The summed E-state index contributed by atoms with van der Waals surface area (Å²) in [5.41, 5.74) is 0.465. The fourth-order valence-corrected chi connectivity index (χ4v) is 2.33. The molecule has 16 heavy (non-hydrogen) atoms. The summed E-state index contributed by atoms with van der Waals surface area (Å²) < 4.78 is 0. The molecule has 2 nitrogen and oxygen atoms in total. The Bertz CT molecular complexity index is 184. The van der Waals surface area contributed by atoms with Gasteiger partial charge in [-0.25, -0.2) is 0 Å². The van der Waals surface area contributed by atoms with Crippen molar-refractivity contribution in [2.75, 3.05) is 26.2 Å². The number of nitrogens with zero attached hydrogens (tertiary/aromatic N) is 1. The van der Waals surface area contributed by atoms with Crippen LogP contribution in [0.15, 0.2) is 0 Å². The standard InChI is InChI=1S/C14H30N2/c1-5-16-11-6-7-13(8-12-16)15-10-9-14(2,3)4/h13,15H,5-12H2,1-4H3. The van der Waals surface area contributed by atoms with Gasteiger partial charge < -0.3 is 10.2 Å². The second kappa shape index (κ2) is 6.61. The normalized spacial score (nSPS) is 24.4. The largest absolute Gasteiger partial charge is 0.314 e. The quantitative estimate of drug-likeness (QED) is 0.793. The lowest BCUT2D eigenvalue weighted by Crippen LogP contribution is -2.33. The third-order valence-corrected chi connectivity index (χ3v) is 3.58. The molecule has 0 saturated carbocycles. The van der Waals surface area contributed by atoms with Crippen LogP contribution in [0.25, 0.3) is 0 Å². The van der Waals surface area contributed by atoms with Gasteiger partial charge in [-0.1, -0.05) is 27.7 Å². The van der Waals surface area contributed by atoms with Crippen molar-refractivity contribution >= 4 is 0 Å². The molecule has 1 saturated heterocycles. The molecule has 1 fully saturated rings. The topological polar surface area (TPSA) is 15.3 Å². The van der Waals surface area contributed by atoms with Crippen LogP contribution in [0.2, 0.25) is 0 Å². The Kier molecular flexibility index (Phi) is 5.77. The Hall–Kier alpha value is -0.0800. The smallest absolute Gasteiger partial charge is 0.00797 e. The van der Waals surface area contributed by atoms with E-state index in [0.29, 0.717) is 5.41 Å². The number of rotatable bonds is 4. The molecule has 96 valence electrons. The Morgan fingerprint density at radius 3 is 2.56 bits per heavy atom. The van der Waals surface area contributed by atoms with Crippen LogP contribution in [0.1, 0.15) is 53.4 Å². The highest BCUT2D eigenvalue weighted by Crippen LogP contribution is 2.18. The van der Waals surface area contributed by atoms with Gasteiger partial charge in [0.05, 0.1) is 0 Å². The Balaban J connectivity index is 2.18. The predicted molar refractivity (Wildman–Crippen MR) is 71.8 cm³/mol. The second-order valence-electron chi connectivity index (χ2n) is 6.33. The lowest BCUT2D eigenvalue weighted by molar-refractivity contribution is 0.295. The van der Waals surface area contributed by atoms with Gasteiger partial charge in [0, 0.05) is 6.04 Å². The van der Waals surface area contributed by atoms with Gasteiger partial charge in [0.15, 0.2) is 0 Å². The van der Waals surface area contributed by atoms with E-state index in [4.69, 9.17) is 0 Å².